The summed E-state index contributed by atoms with van der Waals surface area (Å²) in [6.07, 6.45) is 0. The molecule has 154 valence electrons. The van der Waals surface area contributed by atoms with E-state index >= 15 is 0 Å². The highest BCUT2D eigenvalue weighted by atomic mass is 16.5. The number of rotatable bonds is 8. The molecule has 5 nitrogen and oxygen atoms in total. The Bertz CT molecular complexity index is 983. The van der Waals surface area contributed by atoms with Gasteiger partial charge in [0.15, 0.2) is 6.61 Å². The van der Waals surface area contributed by atoms with E-state index in [9.17, 15) is 9.59 Å². The molecule has 3 aromatic rings. The molecule has 0 aromatic heterocycles. The fourth-order valence-electron chi connectivity index (χ4n) is 3.01. The van der Waals surface area contributed by atoms with Crippen LogP contribution in [0.2, 0.25) is 0 Å². The van der Waals surface area contributed by atoms with E-state index in [1.807, 2.05) is 54.6 Å². The van der Waals surface area contributed by atoms with Gasteiger partial charge in [0.1, 0.15) is 5.75 Å². The van der Waals surface area contributed by atoms with Crippen LogP contribution in [0, 0.1) is 0 Å². The largest absolute Gasteiger partial charge is 0.483 e. The number of anilines is 1. The molecule has 0 saturated carbocycles. The van der Waals surface area contributed by atoms with Crippen LogP contribution >= 0.6 is 0 Å². The molecule has 2 N–H and O–H groups in total. The van der Waals surface area contributed by atoms with Crippen LogP contribution in [0.3, 0.4) is 0 Å². The molecule has 2 amide bonds. The molecule has 0 aliphatic carbocycles. The van der Waals surface area contributed by atoms with Crippen LogP contribution in [0.25, 0.3) is 0 Å². The summed E-state index contributed by atoms with van der Waals surface area (Å²) in [5, 5.41) is 5.67. The van der Waals surface area contributed by atoms with Crippen molar-refractivity contribution in [2.75, 3.05) is 11.9 Å². The third-order valence-corrected chi connectivity index (χ3v) is 4.63. The summed E-state index contributed by atoms with van der Waals surface area (Å²) in [5.41, 5.74) is 3.25. The molecule has 0 bridgehead atoms. The molecule has 0 heterocycles. The number of hydrogen-bond donors (Lipinski definition) is 2. The summed E-state index contributed by atoms with van der Waals surface area (Å²) in [7, 11) is 0. The van der Waals surface area contributed by atoms with Crippen LogP contribution in [-0.4, -0.2) is 18.4 Å². The first kappa shape index (κ1) is 21.1. The fourth-order valence-corrected chi connectivity index (χ4v) is 3.01. The first-order valence-corrected chi connectivity index (χ1v) is 9.96. The minimum Gasteiger partial charge on any atom is -0.483 e. The van der Waals surface area contributed by atoms with Crippen molar-refractivity contribution in [1.29, 1.82) is 0 Å². The van der Waals surface area contributed by atoms with Crippen molar-refractivity contribution < 1.29 is 14.3 Å². The number of carbonyl (C=O) groups is 2. The maximum Gasteiger partial charge on any atom is 0.262 e. The number of hydrogen-bond acceptors (Lipinski definition) is 3. The van der Waals surface area contributed by atoms with Crippen LogP contribution in [0.4, 0.5) is 5.69 Å². The van der Waals surface area contributed by atoms with E-state index in [0.717, 1.165) is 11.1 Å². The molecule has 0 saturated heterocycles. The van der Waals surface area contributed by atoms with Crippen molar-refractivity contribution >= 4 is 17.5 Å². The van der Waals surface area contributed by atoms with Crippen molar-refractivity contribution in [1.82, 2.24) is 5.32 Å². The second-order valence-electron chi connectivity index (χ2n) is 7.28. The second kappa shape index (κ2) is 10.3. The molecule has 0 fully saturated rings. The van der Waals surface area contributed by atoms with E-state index in [1.54, 1.807) is 24.3 Å². The average Bonchev–Trinajstić information content (AvgIpc) is 2.77. The van der Waals surface area contributed by atoms with Crippen molar-refractivity contribution in [3.8, 4) is 5.75 Å². The van der Waals surface area contributed by atoms with E-state index in [2.05, 4.69) is 24.5 Å². The smallest absolute Gasteiger partial charge is 0.262 e. The minimum absolute atomic E-state index is 0.0803. The molecule has 5 heteroatoms. The van der Waals surface area contributed by atoms with E-state index in [-0.39, 0.29) is 18.4 Å². The zero-order chi connectivity index (χ0) is 21.3. The molecule has 3 rings (SSSR count). The highest BCUT2D eigenvalue weighted by Gasteiger charge is 2.10. The van der Waals surface area contributed by atoms with E-state index in [1.165, 1.54) is 0 Å². The first-order chi connectivity index (χ1) is 14.5. The van der Waals surface area contributed by atoms with E-state index in [4.69, 9.17) is 4.74 Å². The van der Waals surface area contributed by atoms with Crippen LogP contribution in [0.15, 0.2) is 78.9 Å². The van der Waals surface area contributed by atoms with Gasteiger partial charge in [-0.25, -0.2) is 0 Å². The summed E-state index contributed by atoms with van der Waals surface area (Å²) in [4.78, 5) is 24.5. The Morgan fingerprint density at radius 2 is 1.53 bits per heavy atom. The second-order valence-corrected chi connectivity index (χ2v) is 7.28. The summed E-state index contributed by atoms with van der Waals surface area (Å²) in [6, 6.07) is 24.2. The van der Waals surface area contributed by atoms with E-state index in [0.29, 0.717) is 29.5 Å². The lowest BCUT2D eigenvalue weighted by atomic mass is 10.0. The Balaban J connectivity index is 1.50. The van der Waals surface area contributed by atoms with Gasteiger partial charge in [0.05, 0.1) is 0 Å². The number of amides is 2. The van der Waals surface area contributed by atoms with E-state index < -0.39 is 0 Å². The SMILES string of the molecule is CC(C)c1ccccc1OCC(=O)Nc1ccc(C(=O)NCc2ccccc2)cc1. The molecular weight excluding hydrogens is 376 g/mol. The van der Waals surface area contributed by atoms with Gasteiger partial charge < -0.3 is 15.4 Å². The molecule has 0 radical (unpaired) electrons. The highest BCUT2D eigenvalue weighted by molar-refractivity contribution is 5.96. The lowest BCUT2D eigenvalue weighted by Gasteiger charge is -2.13. The van der Waals surface area contributed by atoms with Crippen molar-refractivity contribution in [3.05, 3.63) is 95.6 Å². The van der Waals surface area contributed by atoms with Gasteiger partial charge in [-0.15, -0.1) is 0 Å². The molecule has 3 aromatic carbocycles. The van der Waals surface area contributed by atoms with Gasteiger partial charge in [0.2, 0.25) is 0 Å². The number of nitrogens with one attached hydrogen (secondary N) is 2. The van der Waals surface area contributed by atoms with Gasteiger partial charge >= 0.3 is 0 Å². The molecule has 0 atom stereocenters. The topological polar surface area (TPSA) is 67.4 Å². The summed E-state index contributed by atoms with van der Waals surface area (Å²) < 4.78 is 5.69. The highest BCUT2D eigenvalue weighted by Crippen LogP contribution is 2.25. The van der Waals surface area contributed by atoms with Crippen LogP contribution in [-0.2, 0) is 11.3 Å². The van der Waals surface area contributed by atoms with Gasteiger partial charge in [-0.3, -0.25) is 9.59 Å². The normalized spacial score (nSPS) is 10.5. The third kappa shape index (κ3) is 5.95. The van der Waals surface area contributed by atoms with Crippen LogP contribution < -0.4 is 15.4 Å². The Morgan fingerprint density at radius 3 is 2.23 bits per heavy atom. The lowest BCUT2D eigenvalue weighted by molar-refractivity contribution is -0.118. The Morgan fingerprint density at radius 1 is 0.867 bits per heavy atom. The Labute approximate surface area is 177 Å². The maximum atomic E-state index is 12.3. The van der Waals surface area contributed by atoms with Crippen molar-refractivity contribution in [3.63, 3.8) is 0 Å². The zero-order valence-corrected chi connectivity index (χ0v) is 17.2. The minimum atomic E-state index is -0.255. The van der Waals surface area contributed by atoms with Gasteiger partial charge in [-0.1, -0.05) is 62.4 Å². The summed E-state index contributed by atoms with van der Waals surface area (Å²) >= 11 is 0. The standard InChI is InChI=1S/C25H26N2O3/c1-18(2)22-10-6-7-11-23(22)30-17-24(28)27-21-14-12-20(13-15-21)25(29)26-16-19-8-4-3-5-9-19/h3-15,18H,16-17H2,1-2H3,(H,26,29)(H,27,28). The van der Waals surface area contributed by atoms with Crippen LogP contribution in [0.5, 0.6) is 5.75 Å². The number of benzene rings is 3. The van der Waals surface area contributed by atoms with Gasteiger partial charge in [-0.2, -0.15) is 0 Å². The molecular formula is C25H26N2O3. The first-order valence-electron chi connectivity index (χ1n) is 9.96. The summed E-state index contributed by atoms with van der Waals surface area (Å²) in [6.45, 7) is 4.55. The molecule has 0 aliphatic heterocycles. The monoisotopic (exact) mass is 402 g/mol. The zero-order valence-electron chi connectivity index (χ0n) is 17.2. The average molecular weight is 402 g/mol. The molecule has 0 spiro atoms. The number of para-hydroxylation sites is 1. The molecule has 30 heavy (non-hydrogen) atoms. The van der Waals surface area contributed by atoms with Crippen molar-refractivity contribution in [2.24, 2.45) is 0 Å². The molecule has 0 aliphatic rings. The van der Waals surface area contributed by atoms with Crippen molar-refractivity contribution in [2.45, 2.75) is 26.3 Å². The third-order valence-electron chi connectivity index (χ3n) is 4.63. The Kier molecular flexibility index (Phi) is 7.22. The molecule has 0 unspecified atom stereocenters. The quantitative estimate of drug-likeness (QED) is 0.571. The number of carbonyl (C=O) groups excluding carboxylic acids is 2. The van der Waals surface area contributed by atoms with Gasteiger partial charge in [0.25, 0.3) is 11.8 Å². The predicted molar refractivity (Wildman–Crippen MR) is 119 cm³/mol. The Hall–Kier alpha value is -3.60. The lowest BCUT2D eigenvalue weighted by Crippen LogP contribution is -2.23. The number of ether oxygens (including phenoxy) is 1. The fraction of sp³-hybridized carbons (Fsp3) is 0.200. The summed E-state index contributed by atoms with van der Waals surface area (Å²) in [5.74, 6) is 0.609. The predicted octanol–water partition coefficient (Wildman–Crippen LogP) is 4.76. The van der Waals surface area contributed by atoms with Gasteiger partial charge in [-0.05, 0) is 47.4 Å². The van der Waals surface area contributed by atoms with Gasteiger partial charge in [0, 0.05) is 17.8 Å². The van der Waals surface area contributed by atoms with Crippen LogP contribution in [0.1, 0.15) is 41.3 Å². The maximum absolute atomic E-state index is 12.3.